The number of hydrogen-bond acceptors (Lipinski definition) is 2. The van der Waals surface area contributed by atoms with Crippen LogP contribution in [0.5, 0.6) is 0 Å². The predicted molar refractivity (Wildman–Crippen MR) is 66.4 cm³/mol. The molecule has 1 rings (SSSR count). The second-order valence-electron chi connectivity index (χ2n) is 5.06. The fourth-order valence-corrected chi connectivity index (χ4v) is 3.37. The highest BCUT2D eigenvalue weighted by Crippen LogP contribution is 2.22. The van der Waals surface area contributed by atoms with Crippen LogP contribution < -0.4 is 4.72 Å². The molecule has 0 unspecified atom stereocenters. The molecule has 5 heteroatoms. The van der Waals surface area contributed by atoms with E-state index in [0.29, 0.717) is 12.5 Å². The van der Waals surface area contributed by atoms with Gasteiger partial charge in [0, 0.05) is 19.6 Å². The molecule has 0 aliphatic heterocycles. The Labute approximate surface area is 99.6 Å². The highest BCUT2D eigenvalue weighted by Gasteiger charge is 2.27. The zero-order valence-electron chi connectivity index (χ0n) is 10.6. The van der Waals surface area contributed by atoms with Crippen LogP contribution in [-0.2, 0) is 10.2 Å². The molecule has 4 nitrogen and oxygen atoms in total. The van der Waals surface area contributed by atoms with Crippen LogP contribution in [-0.4, -0.2) is 32.4 Å². The van der Waals surface area contributed by atoms with E-state index in [2.05, 4.69) is 4.72 Å². The minimum Gasteiger partial charge on any atom is -0.202 e. The predicted octanol–water partition coefficient (Wildman–Crippen LogP) is 1.74. The summed E-state index contributed by atoms with van der Waals surface area (Å²) in [5.41, 5.74) is 0. The number of hydrogen-bond donors (Lipinski definition) is 1. The summed E-state index contributed by atoms with van der Waals surface area (Å²) in [6, 6.07) is 0.193. The van der Waals surface area contributed by atoms with Crippen molar-refractivity contribution >= 4 is 10.2 Å². The molecule has 1 N–H and O–H groups in total. The summed E-state index contributed by atoms with van der Waals surface area (Å²) in [6.45, 7) is 4.52. The molecular weight excluding hydrogens is 224 g/mol. The van der Waals surface area contributed by atoms with E-state index in [0.717, 1.165) is 25.7 Å². The average Bonchev–Trinajstić information content (AvgIpc) is 2.27. The first kappa shape index (κ1) is 13.9. The van der Waals surface area contributed by atoms with E-state index in [-0.39, 0.29) is 6.04 Å². The summed E-state index contributed by atoms with van der Waals surface area (Å²) < 4.78 is 28.1. The third-order valence-corrected chi connectivity index (χ3v) is 4.73. The monoisotopic (exact) mass is 248 g/mol. The molecule has 0 aromatic rings. The lowest BCUT2D eigenvalue weighted by atomic mass is 9.96. The van der Waals surface area contributed by atoms with Gasteiger partial charge in [-0.15, -0.1) is 0 Å². The quantitative estimate of drug-likeness (QED) is 0.805. The SMILES string of the molecule is CC(C)CNS(=O)(=O)N(C)C1CCCCC1. The van der Waals surface area contributed by atoms with Crippen molar-refractivity contribution in [3.05, 3.63) is 0 Å². The van der Waals surface area contributed by atoms with Gasteiger partial charge >= 0.3 is 0 Å². The van der Waals surface area contributed by atoms with Crippen molar-refractivity contribution in [1.29, 1.82) is 0 Å². The van der Waals surface area contributed by atoms with Gasteiger partial charge in [-0.05, 0) is 18.8 Å². The number of rotatable bonds is 5. The van der Waals surface area contributed by atoms with Crippen LogP contribution in [0, 0.1) is 5.92 Å². The van der Waals surface area contributed by atoms with E-state index in [9.17, 15) is 8.42 Å². The van der Waals surface area contributed by atoms with Crippen LogP contribution in [0.1, 0.15) is 46.0 Å². The van der Waals surface area contributed by atoms with Crippen molar-refractivity contribution in [3.63, 3.8) is 0 Å². The molecule has 0 aromatic heterocycles. The van der Waals surface area contributed by atoms with Gasteiger partial charge in [0.1, 0.15) is 0 Å². The largest absolute Gasteiger partial charge is 0.279 e. The van der Waals surface area contributed by atoms with Crippen LogP contribution in [0.2, 0.25) is 0 Å². The standard InChI is InChI=1S/C11H24N2O2S/c1-10(2)9-12-16(14,15)13(3)11-7-5-4-6-8-11/h10-12H,4-9H2,1-3H3. The molecule has 1 fully saturated rings. The van der Waals surface area contributed by atoms with E-state index in [1.807, 2.05) is 13.8 Å². The summed E-state index contributed by atoms with van der Waals surface area (Å²) in [5, 5.41) is 0. The second-order valence-corrected chi connectivity index (χ2v) is 6.87. The Bertz CT molecular complexity index is 295. The molecule has 0 heterocycles. The van der Waals surface area contributed by atoms with Crippen molar-refractivity contribution in [2.24, 2.45) is 5.92 Å². The molecular formula is C11H24N2O2S. The van der Waals surface area contributed by atoms with Gasteiger partial charge in [0.15, 0.2) is 0 Å². The normalized spacial score (nSPS) is 19.6. The zero-order chi connectivity index (χ0) is 12.2. The summed E-state index contributed by atoms with van der Waals surface area (Å²) in [4.78, 5) is 0. The van der Waals surface area contributed by atoms with E-state index in [1.165, 1.54) is 10.7 Å². The molecule has 1 aliphatic rings. The fourth-order valence-electron chi connectivity index (χ4n) is 2.01. The van der Waals surface area contributed by atoms with Gasteiger partial charge in [0.25, 0.3) is 10.2 Å². The molecule has 0 amide bonds. The summed E-state index contributed by atoms with van der Waals surface area (Å²) in [6.07, 6.45) is 5.53. The molecule has 0 spiro atoms. The van der Waals surface area contributed by atoms with Gasteiger partial charge in [0.05, 0.1) is 0 Å². The van der Waals surface area contributed by atoms with E-state index >= 15 is 0 Å². The van der Waals surface area contributed by atoms with E-state index in [1.54, 1.807) is 7.05 Å². The molecule has 16 heavy (non-hydrogen) atoms. The minimum atomic E-state index is -3.27. The van der Waals surface area contributed by atoms with Gasteiger partial charge in [-0.1, -0.05) is 33.1 Å². The molecule has 0 bridgehead atoms. The maximum absolute atomic E-state index is 11.9. The maximum Gasteiger partial charge on any atom is 0.279 e. The lowest BCUT2D eigenvalue weighted by molar-refractivity contribution is 0.282. The Hall–Kier alpha value is -0.130. The van der Waals surface area contributed by atoms with Gasteiger partial charge in [0.2, 0.25) is 0 Å². The molecule has 0 radical (unpaired) electrons. The minimum absolute atomic E-state index is 0.193. The first-order valence-corrected chi connectivity index (χ1v) is 7.60. The second kappa shape index (κ2) is 5.98. The van der Waals surface area contributed by atoms with Crippen molar-refractivity contribution in [1.82, 2.24) is 9.03 Å². The third kappa shape index (κ3) is 4.03. The summed E-state index contributed by atoms with van der Waals surface area (Å²) >= 11 is 0. The van der Waals surface area contributed by atoms with Gasteiger partial charge in [-0.25, -0.2) is 4.72 Å². The fraction of sp³-hybridized carbons (Fsp3) is 1.00. The molecule has 1 saturated carbocycles. The Morgan fingerprint density at radius 1 is 1.25 bits per heavy atom. The van der Waals surface area contributed by atoms with Crippen LogP contribution in [0.25, 0.3) is 0 Å². The molecule has 1 aliphatic carbocycles. The highest BCUT2D eigenvalue weighted by atomic mass is 32.2. The molecule has 0 saturated heterocycles. The maximum atomic E-state index is 11.9. The van der Waals surface area contributed by atoms with Crippen LogP contribution in [0.4, 0.5) is 0 Å². The van der Waals surface area contributed by atoms with Gasteiger partial charge in [-0.3, -0.25) is 0 Å². The topological polar surface area (TPSA) is 49.4 Å². The summed E-state index contributed by atoms with van der Waals surface area (Å²) in [7, 11) is -1.58. The van der Waals surface area contributed by atoms with Crippen LogP contribution in [0.3, 0.4) is 0 Å². The van der Waals surface area contributed by atoms with Crippen molar-refractivity contribution < 1.29 is 8.42 Å². The highest BCUT2D eigenvalue weighted by molar-refractivity contribution is 7.87. The molecule has 96 valence electrons. The Morgan fingerprint density at radius 2 is 1.81 bits per heavy atom. The van der Waals surface area contributed by atoms with E-state index in [4.69, 9.17) is 0 Å². The molecule has 0 aromatic carbocycles. The Morgan fingerprint density at radius 3 is 2.31 bits per heavy atom. The first-order chi connectivity index (χ1) is 7.43. The molecule has 0 atom stereocenters. The number of nitrogens with one attached hydrogen (secondary N) is 1. The average molecular weight is 248 g/mol. The van der Waals surface area contributed by atoms with Crippen molar-refractivity contribution in [2.75, 3.05) is 13.6 Å². The third-order valence-electron chi connectivity index (χ3n) is 3.14. The zero-order valence-corrected chi connectivity index (χ0v) is 11.4. The lowest BCUT2D eigenvalue weighted by Crippen LogP contribution is -2.45. The Kier molecular flexibility index (Phi) is 5.21. The first-order valence-electron chi connectivity index (χ1n) is 6.16. The van der Waals surface area contributed by atoms with E-state index < -0.39 is 10.2 Å². The van der Waals surface area contributed by atoms with Gasteiger partial charge < -0.3 is 0 Å². The van der Waals surface area contributed by atoms with Crippen molar-refractivity contribution in [3.8, 4) is 0 Å². The Balaban J connectivity index is 2.53. The summed E-state index contributed by atoms with van der Waals surface area (Å²) in [5.74, 6) is 0.342. The lowest BCUT2D eigenvalue weighted by Gasteiger charge is -2.30. The smallest absolute Gasteiger partial charge is 0.202 e. The number of nitrogens with zero attached hydrogens (tertiary/aromatic N) is 1. The van der Waals surface area contributed by atoms with Crippen LogP contribution in [0.15, 0.2) is 0 Å². The van der Waals surface area contributed by atoms with Crippen LogP contribution >= 0.6 is 0 Å². The van der Waals surface area contributed by atoms with Gasteiger partial charge in [-0.2, -0.15) is 12.7 Å². The van der Waals surface area contributed by atoms with Crippen molar-refractivity contribution in [2.45, 2.75) is 52.0 Å².